The Morgan fingerprint density at radius 3 is 1.60 bits per heavy atom. The van der Waals surface area contributed by atoms with E-state index in [0.717, 1.165) is 0 Å². The molecular weight excluding hydrogens is 208 g/mol. The summed E-state index contributed by atoms with van der Waals surface area (Å²) in [5.74, 6) is -3.33. The van der Waals surface area contributed by atoms with Crippen LogP contribution in [0.1, 0.15) is 12.8 Å². The molecule has 0 rings (SSSR count). The molecule has 0 aliphatic rings. The van der Waals surface area contributed by atoms with E-state index in [9.17, 15) is 14.4 Å². The fourth-order valence-electron chi connectivity index (χ4n) is 0.399. The van der Waals surface area contributed by atoms with Crippen molar-refractivity contribution in [3.8, 4) is 0 Å². The average molecular weight is 222 g/mol. The Morgan fingerprint density at radius 1 is 1.07 bits per heavy atom. The topological polar surface area (TPSA) is 164 Å². The maximum atomic E-state index is 9.85. The van der Waals surface area contributed by atoms with Crippen molar-refractivity contribution in [1.29, 1.82) is 0 Å². The van der Waals surface area contributed by atoms with Gasteiger partial charge < -0.3 is 26.8 Å². The van der Waals surface area contributed by atoms with Crippen LogP contribution in [0, 0.1) is 0 Å². The van der Waals surface area contributed by atoms with Gasteiger partial charge in [-0.1, -0.05) is 0 Å². The summed E-state index contributed by atoms with van der Waals surface area (Å²) in [5, 5.41) is 23.9. The Morgan fingerprint density at radius 2 is 1.53 bits per heavy atom. The first kappa shape index (κ1) is 15.8. The van der Waals surface area contributed by atoms with E-state index in [0.29, 0.717) is 0 Å². The van der Waals surface area contributed by atoms with Crippen LogP contribution in [-0.2, 0) is 14.4 Å². The van der Waals surface area contributed by atoms with E-state index in [1.54, 1.807) is 0 Å². The molecule has 0 saturated carbocycles. The molecule has 0 saturated heterocycles. The van der Waals surface area contributed by atoms with Gasteiger partial charge in [0.2, 0.25) is 0 Å². The second kappa shape index (κ2) is 8.91. The van der Waals surface area contributed by atoms with Gasteiger partial charge in [0.1, 0.15) is 6.04 Å². The predicted molar refractivity (Wildman–Crippen MR) is 49.2 cm³/mol. The van der Waals surface area contributed by atoms with E-state index < -0.39 is 30.4 Å². The van der Waals surface area contributed by atoms with Crippen molar-refractivity contribution in [2.45, 2.75) is 18.9 Å². The lowest BCUT2D eigenvalue weighted by Gasteiger charge is -1.99. The molecule has 0 aromatic rings. The third kappa shape index (κ3) is 15.1. The molecule has 1 atom stereocenters. The average Bonchev–Trinajstić information content (AvgIpc) is 2.03. The van der Waals surface area contributed by atoms with Crippen LogP contribution in [0.3, 0.4) is 0 Å². The highest BCUT2D eigenvalue weighted by molar-refractivity contribution is 5.80. The van der Waals surface area contributed by atoms with Crippen LogP contribution >= 0.6 is 0 Å². The van der Waals surface area contributed by atoms with Crippen LogP contribution in [-0.4, -0.2) is 45.8 Å². The molecule has 0 heterocycles. The van der Waals surface area contributed by atoms with Crippen molar-refractivity contribution in [2.24, 2.45) is 11.5 Å². The van der Waals surface area contributed by atoms with Crippen LogP contribution in [0.2, 0.25) is 0 Å². The van der Waals surface area contributed by atoms with Crippen molar-refractivity contribution in [3.05, 3.63) is 0 Å². The van der Waals surface area contributed by atoms with Crippen molar-refractivity contribution in [2.75, 3.05) is 6.54 Å². The highest BCUT2D eigenvalue weighted by Gasteiger charge is 2.14. The van der Waals surface area contributed by atoms with Crippen LogP contribution in [0.4, 0.5) is 0 Å². The van der Waals surface area contributed by atoms with E-state index >= 15 is 0 Å². The first-order chi connectivity index (χ1) is 6.81. The van der Waals surface area contributed by atoms with Gasteiger partial charge in [0.05, 0.1) is 12.8 Å². The summed E-state index contributed by atoms with van der Waals surface area (Å²) in [6.45, 7) is 0.231. The van der Waals surface area contributed by atoms with E-state index in [2.05, 4.69) is 0 Å². The standard InChI is InChI=1S/C4H7NO4.C3H7NO2/c5-2(4(8)9)1-3(6)7;4-2-1-3(5)6/h2H,1,5H2,(H,6,7)(H,8,9);1-2,4H2,(H,5,6)/t2-;/m0./s1. The minimum atomic E-state index is -1.29. The summed E-state index contributed by atoms with van der Waals surface area (Å²) in [7, 11) is 0. The third-order valence-electron chi connectivity index (χ3n) is 1.07. The van der Waals surface area contributed by atoms with Crippen LogP contribution in [0.5, 0.6) is 0 Å². The molecule has 0 aliphatic heterocycles. The zero-order valence-electron chi connectivity index (χ0n) is 7.92. The number of aliphatic carboxylic acids is 3. The van der Waals surface area contributed by atoms with Gasteiger partial charge in [0, 0.05) is 6.54 Å². The molecule has 0 aromatic heterocycles. The number of carbonyl (C=O) groups is 3. The monoisotopic (exact) mass is 222 g/mol. The molecule has 0 bridgehead atoms. The fourth-order valence-corrected chi connectivity index (χ4v) is 0.399. The Balaban J connectivity index is 0. The maximum absolute atomic E-state index is 9.85. The zero-order chi connectivity index (χ0) is 12.4. The summed E-state index contributed by atoms with van der Waals surface area (Å²) >= 11 is 0. The fraction of sp³-hybridized carbons (Fsp3) is 0.571. The Hall–Kier alpha value is -1.67. The highest BCUT2D eigenvalue weighted by atomic mass is 16.4. The quantitative estimate of drug-likeness (QED) is 0.367. The molecule has 0 amide bonds. The van der Waals surface area contributed by atoms with Crippen molar-refractivity contribution in [1.82, 2.24) is 0 Å². The van der Waals surface area contributed by atoms with Gasteiger partial charge in [-0.3, -0.25) is 14.4 Å². The molecule has 0 radical (unpaired) electrons. The van der Waals surface area contributed by atoms with Gasteiger partial charge in [-0.2, -0.15) is 0 Å². The lowest BCUT2D eigenvalue weighted by atomic mass is 10.2. The Kier molecular flexibility index (Phi) is 9.37. The largest absolute Gasteiger partial charge is 0.481 e. The normalized spacial score (nSPS) is 10.8. The lowest BCUT2D eigenvalue weighted by Crippen LogP contribution is -2.32. The number of nitrogens with two attached hydrogens (primary N) is 2. The van der Waals surface area contributed by atoms with Crippen LogP contribution < -0.4 is 11.5 Å². The predicted octanol–water partition coefficient (Wildman–Crippen LogP) is -1.71. The van der Waals surface area contributed by atoms with Crippen molar-refractivity contribution < 1.29 is 29.7 Å². The minimum Gasteiger partial charge on any atom is -0.481 e. The molecule has 15 heavy (non-hydrogen) atoms. The number of hydrogen-bond donors (Lipinski definition) is 5. The van der Waals surface area contributed by atoms with E-state index in [4.69, 9.17) is 26.8 Å². The van der Waals surface area contributed by atoms with Gasteiger partial charge >= 0.3 is 17.9 Å². The number of carboxylic acids is 3. The molecular formula is C7H14N2O6. The molecule has 8 nitrogen and oxygen atoms in total. The van der Waals surface area contributed by atoms with Crippen molar-refractivity contribution in [3.63, 3.8) is 0 Å². The van der Waals surface area contributed by atoms with Gasteiger partial charge in [-0.15, -0.1) is 0 Å². The summed E-state index contributed by atoms with van der Waals surface area (Å²) in [6.07, 6.45) is -0.463. The molecule has 0 fully saturated rings. The summed E-state index contributed by atoms with van der Waals surface area (Å²) in [6, 6.07) is -1.29. The zero-order valence-corrected chi connectivity index (χ0v) is 7.92. The first-order valence-corrected chi connectivity index (χ1v) is 3.93. The van der Waals surface area contributed by atoms with E-state index in [-0.39, 0.29) is 13.0 Å². The van der Waals surface area contributed by atoms with Gasteiger partial charge in [-0.05, 0) is 0 Å². The van der Waals surface area contributed by atoms with Gasteiger partial charge in [0.15, 0.2) is 0 Å². The van der Waals surface area contributed by atoms with Gasteiger partial charge in [0.25, 0.3) is 0 Å². The SMILES string of the molecule is NCCC(=O)O.N[C@@H](CC(=O)O)C(=O)O. The van der Waals surface area contributed by atoms with E-state index in [1.165, 1.54) is 0 Å². The number of rotatable bonds is 5. The minimum absolute atomic E-state index is 0.0694. The molecule has 7 N–H and O–H groups in total. The molecule has 0 unspecified atom stereocenters. The molecule has 0 spiro atoms. The first-order valence-electron chi connectivity index (χ1n) is 3.93. The highest BCUT2D eigenvalue weighted by Crippen LogP contribution is 1.86. The summed E-state index contributed by atoms with van der Waals surface area (Å²) in [4.78, 5) is 29.1. The van der Waals surface area contributed by atoms with E-state index in [1.807, 2.05) is 0 Å². The van der Waals surface area contributed by atoms with Gasteiger partial charge in [-0.25, -0.2) is 0 Å². The van der Waals surface area contributed by atoms with Crippen LogP contribution in [0.15, 0.2) is 0 Å². The van der Waals surface area contributed by atoms with Crippen LogP contribution in [0.25, 0.3) is 0 Å². The number of hydrogen-bond acceptors (Lipinski definition) is 5. The molecule has 0 aliphatic carbocycles. The number of carboxylic acid groups (broad SMARTS) is 3. The smallest absolute Gasteiger partial charge is 0.321 e. The summed E-state index contributed by atoms with van der Waals surface area (Å²) in [5.41, 5.74) is 9.69. The summed E-state index contributed by atoms with van der Waals surface area (Å²) < 4.78 is 0. The maximum Gasteiger partial charge on any atom is 0.321 e. The third-order valence-corrected chi connectivity index (χ3v) is 1.07. The van der Waals surface area contributed by atoms with Crippen molar-refractivity contribution >= 4 is 17.9 Å². The molecule has 88 valence electrons. The Labute approximate surface area is 85.5 Å². The second-order valence-electron chi connectivity index (χ2n) is 2.48. The molecule has 0 aromatic carbocycles. The second-order valence-corrected chi connectivity index (χ2v) is 2.48. The Bertz CT molecular complexity index is 230. The molecule has 8 heteroatoms. The lowest BCUT2D eigenvalue weighted by molar-refractivity contribution is -0.144.